The molecular formula is C12H18N2O3S. The van der Waals surface area contributed by atoms with Crippen LogP contribution in [0.5, 0.6) is 0 Å². The lowest BCUT2D eigenvalue weighted by molar-refractivity contribution is -0.122. The molecule has 0 aliphatic heterocycles. The summed E-state index contributed by atoms with van der Waals surface area (Å²) in [5.74, 6) is -0.0569. The van der Waals surface area contributed by atoms with Gasteiger partial charge in [-0.25, -0.2) is 0 Å². The van der Waals surface area contributed by atoms with Crippen LogP contribution in [0.3, 0.4) is 0 Å². The lowest BCUT2D eigenvalue weighted by Crippen LogP contribution is -2.51. The van der Waals surface area contributed by atoms with Gasteiger partial charge in [0.15, 0.2) is 0 Å². The van der Waals surface area contributed by atoms with Crippen LogP contribution in [-0.2, 0) is 10.3 Å². The van der Waals surface area contributed by atoms with Crippen molar-refractivity contribution >= 4 is 17.7 Å². The van der Waals surface area contributed by atoms with Gasteiger partial charge in [0.1, 0.15) is 5.54 Å². The van der Waals surface area contributed by atoms with E-state index in [-0.39, 0.29) is 12.4 Å². The highest BCUT2D eigenvalue weighted by molar-refractivity contribution is 7.99. The first-order chi connectivity index (χ1) is 8.50. The Bertz CT molecular complexity index is 388. The van der Waals surface area contributed by atoms with Crippen LogP contribution in [-0.4, -0.2) is 40.3 Å². The molecule has 1 aromatic carbocycles. The number of hydrogen-bond donors (Lipinski definition) is 4. The normalized spacial score (nSPS) is 15.9. The van der Waals surface area contributed by atoms with E-state index < -0.39 is 17.6 Å². The van der Waals surface area contributed by atoms with Crippen molar-refractivity contribution in [3.05, 3.63) is 35.9 Å². The van der Waals surface area contributed by atoms with E-state index in [0.717, 1.165) is 0 Å². The van der Waals surface area contributed by atoms with Crippen LogP contribution >= 0.6 is 11.8 Å². The zero-order chi connectivity index (χ0) is 13.6. The van der Waals surface area contributed by atoms with Gasteiger partial charge in [0.2, 0.25) is 5.91 Å². The van der Waals surface area contributed by atoms with Crippen LogP contribution < -0.4 is 11.5 Å². The number of carbonyl (C=O) groups is 1. The average molecular weight is 270 g/mol. The summed E-state index contributed by atoms with van der Waals surface area (Å²) in [6.45, 7) is -0.313. The number of rotatable bonds is 7. The third-order valence-corrected chi connectivity index (χ3v) is 3.86. The molecule has 1 aromatic rings. The molecule has 6 heteroatoms. The fourth-order valence-corrected chi connectivity index (χ4v) is 2.57. The first-order valence-corrected chi connectivity index (χ1v) is 6.67. The molecule has 2 atom stereocenters. The number of thioether (sulfide) groups is 1. The van der Waals surface area contributed by atoms with E-state index in [4.69, 9.17) is 16.6 Å². The molecule has 0 radical (unpaired) electrons. The van der Waals surface area contributed by atoms with Crippen LogP contribution in [0, 0.1) is 0 Å². The predicted octanol–water partition coefficient (Wildman–Crippen LogP) is -0.588. The first-order valence-electron chi connectivity index (χ1n) is 5.51. The maximum atomic E-state index is 11.5. The Hall–Kier alpha value is -1.08. The molecular weight excluding hydrogens is 252 g/mol. The van der Waals surface area contributed by atoms with E-state index in [2.05, 4.69) is 0 Å². The Kier molecular flexibility index (Phi) is 5.61. The zero-order valence-electron chi connectivity index (χ0n) is 9.95. The number of hydrogen-bond acceptors (Lipinski definition) is 5. The Labute approximate surface area is 110 Å². The molecule has 1 rings (SSSR count). The van der Waals surface area contributed by atoms with Crippen molar-refractivity contribution in [2.75, 3.05) is 18.1 Å². The molecule has 6 N–H and O–H groups in total. The quantitative estimate of drug-likeness (QED) is 0.529. The Morgan fingerprint density at radius 2 is 2.00 bits per heavy atom. The molecule has 18 heavy (non-hydrogen) atoms. The van der Waals surface area contributed by atoms with Gasteiger partial charge >= 0.3 is 0 Å². The van der Waals surface area contributed by atoms with Crippen LogP contribution in [0.4, 0.5) is 0 Å². The fourth-order valence-electron chi connectivity index (χ4n) is 1.44. The maximum absolute atomic E-state index is 11.5. The molecule has 0 saturated heterocycles. The second-order valence-electron chi connectivity index (χ2n) is 4.05. The van der Waals surface area contributed by atoms with Gasteiger partial charge in [0, 0.05) is 11.5 Å². The molecule has 2 unspecified atom stereocenters. The summed E-state index contributed by atoms with van der Waals surface area (Å²) >= 11 is 1.28. The van der Waals surface area contributed by atoms with Crippen LogP contribution in [0.15, 0.2) is 30.3 Å². The molecule has 100 valence electrons. The second kappa shape index (κ2) is 6.75. The van der Waals surface area contributed by atoms with Gasteiger partial charge < -0.3 is 21.7 Å². The van der Waals surface area contributed by atoms with Crippen molar-refractivity contribution in [3.8, 4) is 0 Å². The molecule has 0 heterocycles. The van der Waals surface area contributed by atoms with E-state index >= 15 is 0 Å². The Morgan fingerprint density at radius 1 is 1.39 bits per heavy atom. The SMILES string of the molecule is NC(=O)C(N)(CSCC(O)CO)c1ccccc1. The average Bonchev–Trinajstić information content (AvgIpc) is 2.39. The number of amides is 1. The number of aliphatic hydroxyl groups is 2. The summed E-state index contributed by atoms with van der Waals surface area (Å²) in [4.78, 5) is 11.5. The third-order valence-electron chi connectivity index (χ3n) is 2.58. The molecule has 0 aliphatic rings. The first kappa shape index (κ1) is 15.0. The van der Waals surface area contributed by atoms with E-state index in [9.17, 15) is 9.90 Å². The summed E-state index contributed by atoms with van der Waals surface area (Å²) in [7, 11) is 0. The standard InChI is InChI=1S/C12H18N2O3S/c13-11(17)12(14,8-18-7-10(16)6-15)9-4-2-1-3-5-9/h1-5,10,15-16H,6-8,14H2,(H2,13,17). The molecule has 1 amide bonds. The number of carbonyl (C=O) groups excluding carboxylic acids is 1. The Balaban J connectivity index is 2.73. The Morgan fingerprint density at radius 3 is 2.50 bits per heavy atom. The van der Waals surface area contributed by atoms with Gasteiger partial charge in [0.25, 0.3) is 0 Å². The zero-order valence-corrected chi connectivity index (χ0v) is 10.8. The van der Waals surface area contributed by atoms with Gasteiger partial charge in [-0.2, -0.15) is 11.8 Å². The van der Waals surface area contributed by atoms with E-state index in [1.165, 1.54) is 11.8 Å². The van der Waals surface area contributed by atoms with Crippen LogP contribution in [0.25, 0.3) is 0 Å². The smallest absolute Gasteiger partial charge is 0.242 e. The van der Waals surface area contributed by atoms with Crippen LogP contribution in [0.1, 0.15) is 5.56 Å². The van der Waals surface area contributed by atoms with Crippen molar-refractivity contribution in [3.63, 3.8) is 0 Å². The number of nitrogens with two attached hydrogens (primary N) is 2. The highest BCUT2D eigenvalue weighted by Gasteiger charge is 2.33. The summed E-state index contributed by atoms with van der Waals surface area (Å²) in [6.07, 6.45) is -0.817. The highest BCUT2D eigenvalue weighted by atomic mass is 32.2. The molecule has 0 bridgehead atoms. The lowest BCUT2D eigenvalue weighted by atomic mass is 9.92. The molecule has 5 nitrogen and oxygen atoms in total. The predicted molar refractivity (Wildman–Crippen MR) is 71.9 cm³/mol. The van der Waals surface area contributed by atoms with E-state index in [1.807, 2.05) is 6.07 Å². The minimum absolute atomic E-state index is 0.253. The van der Waals surface area contributed by atoms with Gasteiger partial charge in [-0.05, 0) is 5.56 Å². The number of primary amides is 1. The lowest BCUT2D eigenvalue weighted by Gasteiger charge is -2.26. The highest BCUT2D eigenvalue weighted by Crippen LogP contribution is 2.23. The summed E-state index contributed by atoms with van der Waals surface area (Å²) in [5.41, 5.74) is 10.8. The molecule has 0 aromatic heterocycles. The molecule has 0 spiro atoms. The van der Waals surface area contributed by atoms with Crippen molar-refractivity contribution in [1.29, 1.82) is 0 Å². The minimum atomic E-state index is -1.26. The fraction of sp³-hybridized carbons (Fsp3) is 0.417. The number of aliphatic hydroxyl groups excluding tert-OH is 2. The molecule has 0 fully saturated rings. The maximum Gasteiger partial charge on any atom is 0.242 e. The second-order valence-corrected chi connectivity index (χ2v) is 5.08. The van der Waals surface area contributed by atoms with E-state index in [0.29, 0.717) is 11.3 Å². The van der Waals surface area contributed by atoms with Crippen molar-refractivity contribution in [2.45, 2.75) is 11.6 Å². The topological polar surface area (TPSA) is 110 Å². The van der Waals surface area contributed by atoms with Gasteiger partial charge in [-0.3, -0.25) is 4.79 Å². The van der Waals surface area contributed by atoms with Crippen molar-refractivity contribution in [1.82, 2.24) is 0 Å². The summed E-state index contributed by atoms with van der Waals surface area (Å²) in [6, 6.07) is 8.88. The van der Waals surface area contributed by atoms with Gasteiger partial charge in [-0.1, -0.05) is 30.3 Å². The van der Waals surface area contributed by atoms with Crippen molar-refractivity contribution < 1.29 is 15.0 Å². The largest absolute Gasteiger partial charge is 0.394 e. The van der Waals surface area contributed by atoms with Crippen LogP contribution in [0.2, 0.25) is 0 Å². The van der Waals surface area contributed by atoms with E-state index in [1.54, 1.807) is 24.3 Å². The monoisotopic (exact) mass is 270 g/mol. The van der Waals surface area contributed by atoms with Gasteiger partial charge in [-0.15, -0.1) is 0 Å². The number of benzene rings is 1. The third kappa shape index (κ3) is 3.71. The molecule has 0 aliphatic carbocycles. The minimum Gasteiger partial charge on any atom is -0.394 e. The van der Waals surface area contributed by atoms with Crippen molar-refractivity contribution in [2.24, 2.45) is 11.5 Å². The summed E-state index contributed by atoms with van der Waals surface area (Å²) in [5, 5.41) is 17.9. The molecule has 0 saturated carbocycles. The summed E-state index contributed by atoms with van der Waals surface area (Å²) < 4.78 is 0. The van der Waals surface area contributed by atoms with Gasteiger partial charge in [0.05, 0.1) is 12.7 Å².